The number of rotatable bonds is 10. The molecule has 2 atom stereocenters. The van der Waals surface area contributed by atoms with Crippen molar-refractivity contribution in [1.29, 1.82) is 0 Å². The van der Waals surface area contributed by atoms with Gasteiger partial charge in [-0.2, -0.15) is 17.6 Å². The summed E-state index contributed by atoms with van der Waals surface area (Å²) in [6, 6.07) is 23.4. The summed E-state index contributed by atoms with van der Waals surface area (Å²) in [4.78, 5) is 37.9. The van der Waals surface area contributed by atoms with E-state index in [0.29, 0.717) is 45.6 Å². The van der Waals surface area contributed by atoms with E-state index in [1.165, 1.54) is 29.0 Å². The minimum Gasteiger partial charge on any atom is -0.435 e. The number of ether oxygens (including phenoxy) is 4. The number of alkyl halides is 4. The molecule has 0 fully saturated rings. The maximum Gasteiger partial charge on any atom is 0.387 e. The van der Waals surface area contributed by atoms with Crippen LogP contribution in [0.15, 0.2) is 99.4 Å². The van der Waals surface area contributed by atoms with Gasteiger partial charge in [0.25, 0.3) is 11.8 Å². The molecule has 2 aliphatic rings. The van der Waals surface area contributed by atoms with Gasteiger partial charge in [-0.25, -0.2) is 9.98 Å². The van der Waals surface area contributed by atoms with Crippen molar-refractivity contribution in [1.82, 2.24) is 9.80 Å². The summed E-state index contributed by atoms with van der Waals surface area (Å²) in [5, 5.41) is 0. The van der Waals surface area contributed by atoms with Gasteiger partial charge in [-0.1, -0.05) is 77.5 Å². The number of aliphatic imine (C=N–C) groups is 2. The van der Waals surface area contributed by atoms with Gasteiger partial charge in [0.2, 0.25) is 0 Å². The average Bonchev–Trinajstić information content (AvgIpc) is 3.60. The van der Waals surface area contributed by atoms with E-state index in [2.05, 4.69) is 57.9 Å². The first-order chi connectivity index (χ1) is 29.0. The fraction of sp³-hybridized carbons (Fsp3) is 0.289. The maximum absolute atomic E-state index is 13.3. The molecule has 4 aromatic carbocycles. The molecule has 0 spiro atoms. The molecule has 0 radical (unpaired) electrons. The number of nitrogens with zero attached hydrogens (tertiary/aromatic N) is 4. The number of halogens is 5. The quantitative estimate of drug-likeness (QED) is 0.129. The van der Waals surface area contributed by atoms with Crippen LogP contribution in [0, 0.1) is 38.0 Å². The van der Waals surface area contributed by atoms with Crippen LogP contribution in [0.4, 0.5) is 17.6 Å². The topological polar surface area (TPSA) is 154 Å². The predicted octanol–water partition coefficient (Wildman–Crippen LogP) is 6.92. The highest BCUT2D eigenvalue weighted by molar-refractivity contribution is 9.10. The lowest BCUT2D eigenvalue weighted by molar-refractivity contribution is -0.130. The number of aryl methyl sites for hydroxylation is 2. The van der Waals surface area contributed by atoms with Crippen LogP contribution in [0.3, 0.4) is 0 Å². The SMILES string of the molecule is C.C#CCOC.COCC#Cc1cccc([C@@]2(c3ccc(OC(F)F)c(C)c3)N=C(N)N(C)C2=O)c1.Cc1cc([C@]2(c3cccc(Br)c3)N=C(N)N(C)C2=O)ccc1OC(F)F. The first kappa shape index (κ1) is 50.0. The van der Waals surface area contributed by atoms with Crippen molar-refractivity contribution in [3.8, 4) is 35.7 Å². The largest absolute Gasteiger partial charge is 0.435 e. The van der Waals surface area contributed by atoms with E-state index in [1.807, 2.05) is 6.07 Å². The zero-order valence-electron chi connectivity index (χ0n) is 34.0. The molecule has 0 aromatic heterocycles. The Hall–Kier alpha value is -6.40. The van der Waals surface area contributed by atoms with Crippen LogP contribution in [-0.4, -0.2) is 88.3 Å². The number of amides is 2. The molecule has 4 N–H and O–H groups in total. The summed E-state index contributed by atoms with van der Waals surface area (Å²) in [6.07, 6.45) is 4.76. The van der Waals surface area contributed by atoms with Crippen LogP contribution < -0.4 is 20.9 Å². The number of methoxy groups -OCH3 is 2. The van der Waals surface area contributed by atoms with Crippen molar-refractivity contribution in [2.45, 2.75) is 45.6 Å². The second-order valence-electron chi connectivity index (χ2n) is 13.3. The third-order valence-corrected chi connectivity index (χ3v) is 9.79. The van der Waals surface area contributed by atoms with Crippen LogP contribution in [0.5, 0.6) is 11.5 Å². The van der Waals surface area contributed by atoms with Gasteiger partial charge in [0.05, 0.1) is 0 Å². The number of likely N-dealkylation sites (N-methyl/N-ethyl adjacent to an activating group) is 2. The number of benzene rings is 4. The van der Waals surface area contributed by atoms with Crippen LogP contribution in [-0.2, 0) is 30.1 Å². The van der Waals surface area contributed by atoms with Gasteiger partial charge in [-0.15, -0.1) is 6.42 Å². The molecular weight excluding hydrogens is 876 g/mol. The Morgan fingerprint density at radius 3 is 1.50 bits per heavy atom. The molecule has 4 aromatic rings. The zero-order valence-corrected chi connectivity index (χ0v) is 35.6. The van der Waals surface area contributed by atoms with Crippen molar-refractivity contribution >= 4 is 39.7 Å². The average molecular weight is 924 g/mol. The number of carbonyl (C=O) groups excluding carboxylic acids is 2. The Bertz CT molecular complexity index is 2420. The number of nitrogens with two attached hydrogens (primary N) is 2. The molecule has 0 bridgehead atoms. The predicted molar refractivity (Wildman–Crippen MR) is 233 cm³/mol. The maximum atomic E-state index is 13.3. The molecule has 2 heterocycles. The number of guanidine groups is 2. The molecule has 0 saturated heterocycles. The van der Waals surface area contributed by atoms with Gasteiger partial charge in [0.15, 0.2) is 23.0 Å². The van der Waals surface area contributed by atoms with Crippen LogP contribution in [0.1, 0.15) is 46.4 Å². The van der Waals surface area contributed by atoms with Crippen LogP contribution >= 0.6 is 15.9 Å². The summed E-state index contributed by atoms with van der Waals surface area (Å²) in [5.74, 6) is 7.67. The molecule has 17 heteroatoms. The lowest BCUT2D eigenvalue weighted by Gasteiger charge is -2.27. The number of terminal acetylenes is 1. The smallest absolute Gasteiger partial charge is 0.387 e. The first-order valence-corrected chi connectivity index (χ1v) is 18.9. The standard InChI is InChI=1S/C22H21F2N3O3.C18H16BrF2N3O2.C4H6O.CH4/c1-14-12-17(9-10-18(14)30-20(23)24)22(19(28)27(2)21(25)26-22)16-8-4-6-15(13-16)7-5-11-29-3;1-10-8-12(6-7-14(10)26-16(20)21)18(11-4-3-5-13(19)9-11)15(25)24(2)17(22)23-18;1-3-4-5-2;/h4,6,8-10,12-13,20H,11H2,1-3H3,(H2,25,26);3-9,16H,1-2H3,(H2,22,23);1H,4H2,2H3;1H4/t22-;18-;;/m00../s1. The summed E-state index contributed by atoms with van der Waals surface area (Å²) in [7, 11) is 6.20. The van der Waals surface area contributed by atoms with E-state index in [-0.39, 0.29) is 49.3 Å². The Morgan fingerprint density at radius 2 is 1.15 bits per heavy atom. The lowest BCUT2D eigenvalue weighted by Crippen LogP contribution is -2.41. The number of hydrogen-bond donors (Lipinski definition) is 2. The third kappa shape index (κ3) is 10.9. The van der Waals surface area contributed by atoms with E-state index in [1.54, 1.807) is 102 Å². The normalized spacial score (nSPS) is 17.7. The van der Waals surface area contributed by atoms with Crippen molar-refractivity contribution in [3.05, 3.63) is 128 Å². The van der Waals surface area contributed by atoms with E-state index in [0.717, 1.165) is 4.47 Å². The highest BCUT2D eigenvalue weighted by Crippen LogP contribution is 2.43. The Labute approximate surface area is 367 Å². The van der Waals surface area contributed by atoms with Gasteiger partial charge >= 0.3 is 13.2 Å². The molecule has 12 nitrogen and oxygen atoms in total. The Balaban J connectivity index is 0.000000296. The fourth-order valence-corrected chi connectivity index (χ4v) is 6.80. The fourth-order valence-electron chi connectivity index (χ4n) is 6.40. The summed E-state index contributed by atoms with van der Waals surface area (Å²) < 4.78 is 69.5. The second-order valence-corrected chi connectivity index (χ2v) is 14.2. The van der Waals surface area contributed by atoms with E-state index in [9.17, 15) is 27.2 Å². The van der Waals surface area contributed by atoms with Crippen molar-refractivity contribution in [3.63, 3.8) is 0 Å². The minimum absolute atomic E-state index is 0. The molecule has 328 valence electrons. The minimum atomic E-state index is -2.95. The van der Waals surface area contributed by atoms with Gasteiger partial charge in [-0.3, -0.25) is 19.4 Å². The number of carbonyl (C=O) groups is 2. The summed E-state index contributed by atoms with van der Waals surface area (Å²) in [5.41, 5.74) is 12.8. The molecular formula is C45H47BrF4N6O6. The Morgan fingerprint density at radius 1 is 0.710 bits per heavy atom. The van der Waals surface area contributed by atoms with E-state index in [4.69, 9.17) is 22.6 Å². The van der Waals surface area contributed by atoms with Crippen LogP contribution in [0.2, 0.25) is 0 Å². The molecule has 6 rings (SSSR count). The van der Waals surface area contributed by atoms with E-state index < -0.39 is 24.3 Å². The Kier molecular flexibility index (Phi) is 17.7. The highest BCUT2D eigenvalue weighted by atomic mass is 79.9. The molecule has 62 heavy (non-hydrogen) atoms. The summed E-state index contributed by atoms with van der Waals surface area (Å²) in [6.45, 7) is -1.93. The molecule has 0 unspecified atom stereocenters. The lowest BCUT2D eigenvalue weighted by atomic mass is 9.81. The van der Waals surface area contributed by atoms with Gasteiger partial charge in [0, 0.05) is 38.4 Å². The van der Waals surface area contributed by atoms with Crippen molar-refractivity contribution in [2.75, 3.05) is 41.5 Å². The van der Waals surface area contributed by atoms with Gasteiger partial charge in [-0.05, 0) is 95.8 Å². The van der Waals surface area contributed by atoms with Crippen molar-refractivity contribution < 1.29 is 46.1 Å². The van der Waals surface area contributed by atoms with Crippen molar-refractivity contribution in [2.24, 2.45) is 21.5 Å². The summed E-state index contributed by atoms with van der Waals surface area (Å²) >= 11 is 3.40. The van der Waals surface area contributed by atoms with Crippen LogP contribution in [0.25, 0.3) is 0 Å². The third-order valence-electron chi connectivity index (χ3n) is 9.30. The van der Waals surface area contributed by atoms with Gasteiger partial charge < -0.3 is 30.4 Å². The molecule has 2 amide bonds. The van der Waals surface area contributed by atoms with Gasteiger partial charge in [0.1, 0.15) is 24.7 Å². The highest BCUT2D eigenvalue weighted by Gasteiger charge is 2.51. The van der Waals surface area contributed by atoms with E-state index >= 15 is 0 Å². The molecule has 0 aliphatic carbocycles. The second kappa shape index (κ2) is 21.9. The zero-order chi connectivity index (χ0) is 45.1. The first-order valence-electron chi connectivity index (χ1n) is 18.1. The number of hydrogen-bond acceptors (Lipinski definition) is 10. The molecule has 2 aliphatic heterocycles. The molecule has 0 saturated carbocycles. The monoisotopic (exact) mass is 922 g/mol.